The standard InChI is InChI=1S/C22H24N4O5S2/c1-15-5-3-4-6-17(15)21-24-20(31-25-21)14-23-33(28,29)16-7-8-19(32-2)18(13-16)22(27)26-9-11-30-12-10-26/h3-8,13,23H,9-12,14H2,1-2H3. The fourth-order valence-corrected chi connectivity index (χ4v) is 5.03. The lowest BCUT2D eigenvalue weighted by molar-refractivity contribution is 0.0300. The minimum atomic E-state index is -3.92. The maximum Gasteiger partial charge on any atom is 0.255 e. The van der Waals surface area contributed by atoms with Gasteiger partial charge in [0.25, 0.3) is 5.91 Å². The van der Waals surface area contributed by atoms with Gasteiger partial charge in [0.05, 0.1) is 30.2 Å². The number of nitrogens with zero attached hydrogens (tertiary/aromatic N) is 3. The van der Waals surface area contributed by atoms with Crippen LogP contribution in [0.15, 0.2) is 56.8 Å². The van der Waals surface area contributed by atoms with Gasteiger partial charge in [0.1, 0.15) is 0 Å². The molecule has 0 spiro atoms. The molecule has 174 valence electrons. The second-order valence-corrected chi connectivity index (χ2v) is 10.0. The summed E-state index contributed by atoms with van der Waals surface area (Å²) in [6, 6.07) is 12.1. The molecule has 0 saturated carbocycles. The zero-order valence-electron chi connectivity index (χ0n) is 18.3. The minimum Gasteiger partial charge on any atom is -0.378 e. The number of hydrogen-bond acceptors (Lipinski definition) is 8. The number of amides is 1. The molecule has 2 aromatic carbocycles. The van der Waals surface area contributed by atoms with Crippen molar-refractivity contribution in [2.75, 3.05) is 32.6 Å². The van der Waals surface area contributed by atoms with Crippen molar-refractivity contribution in [3.05, 3.63) is 59.5 Å². The van der Waals surface area contributed by atoms with E-state index in [2.05, 4.69) is 14.9 Å². The molecule has 1 aromatic heterocycles. The Hall–Kier alpha value is -2.73. The van der Waals surface area contributed by atoms with Gasteiger partial charge in [-0.25, -0.2) is 13.1 Å². The predicted molar refractivity (Wildman–Crippen MR) is 123 cm³/mol. The number of nitrogens with one attached hydrogen (secondary N) is 1. The first kappa shape index (κ1) is 23.4. The van der Waals surface area contributed by atoms with Crippen LogP contribution in [0.5, 0.6) is 0 Å². The van der Waals surface area contributed by atoms with E-state index in [1.807, 2.05) is 37.4 Å². The summed E-state index contributed by atoms with van der Waals surface area (Å²) < 4.78 is 38.9. The Morgan fingerprint density at radius 2 is 1.94 bits per heavy atom. The predicted octanol–water partition coefficient (Wildman–Crippen LogP) is 2.72. The van der Waals surface area contributed by atoms with Gasteiger partial charge in [-0.3, -0.25) is 4.79 Å². The molecule has 3 aromatic rings. The van der Waals surface area contributed by atoms with Gasteiger partial charge >= 0.3 is 0 Å². The van der Waals surface area contributed by atoms with E-state index in [-0.39, 0.29) is 23.2 Å². The van der Waals surface area contributed by atoms with Gasteiger partial charge in [-0.15, -0.1) is 11.8 Å². The third-order valence-corrected chi connectivity index (χ3v) is 7.47. The largest absolute Gasteiger partial charge is 0.378 e. The normalized spacial score (nSPS) is 14.4. The van der Waals surface area contributed by atoms with E-state index in [1.54, 1.807) is 11.0 Å². The lowest BCUT2D eigenvalue weighted by atomic mass is 10.1. The highest BCUT2D eigenvalue weighted by molar-refractivity contribution is 7.98. The van der Waals surface area contributed by atoms with Crippen molar-refractivity contribution in [1.82, 2.24) is 19.8 Å². The van der Waals surface area contributed by atoms with E-state index in [9.17, 15) is 13.2 Å². The van der Waals surface area contributed by atoms with E-state index in [0.29, 0.717) is 42.6 Å². The van der Waals surface area contributed by atoms with Gasteiger partial charge in [0, 0.05) is 23.5 Å². The average Bonchev–Trinajstić information content (AvgIpc) is 3.31. The molecule has 1 saturated heterocycles. The van der Waals surface area contributed by atoms with E-state index >= 15 is 0 Å². The molecule has 33 heavy (non-hydrogen) atoms. The Balaban J connectivity index is 1.52. The first-order chi connectivity index (χ1) is 15.9. The second-order valence-electron chi connectivity index (χ2n) is 7.42. The molecule has 1 aliphatic heterocycles. The van der Waals surface area contributed by atoms with Gasteiger partial charge in [-0.1, -0.05) is 29.4 Å². The van der Waals surface area contributed by atoms with Gasteiger partial charge in [-0.05, 0) is 36.9 Å². The van der Waals surface area contributed by atoms with Crippen molar-refractivity contribution >= 4 is 27.7 Å². The van der Waals surface area contributed by atoms with Crippen LogP contribution in [-0.4, -0.2) is 61.9 Å². The number of benzene rings is 2. The summed E-state index contributed by atoms with van der Waals surface area (Å²) in [6.07, 6.45) is 1.85. The van der Waals surface area contributed by atoms with Crippen LogP contribution < -0.4 is 4.72 Å². The number of hydrogen-bond donors (Lipinski definition) is 1. The number of morpholine rings is 1. The molecule has 0 bridgehead atoms. The zero-order chi connectivity index (χ0) is 23.4. The van der Waals surface area contributed by atoms with Gasteiger partial charge < -0.3 is 14.2 Å². The zero-order valence-corrected chi connectivity index (χ0v) is 19.9. The highest BCUT2D eigenvalue weighted by Gasteiger charge is 2.24. The van der Waals surface area contributed by atoms with Crippen LogP contribution >= 0.6 is 11.8 Å². The van der Waals surface area contributed by atoms with Crippen LogP contribution in [0.2, 0.25) is 0 Å². The summed E-state index contributed by atoms with van der Waals surface area (Å²) in [7, 11) is -3.92. The Morgan fingerprint density at radius 3 is 2.67 bits per heavy atom. The molecule has 1 fully saturated rings. The quantitative estimate of drug-likeness (QED) is 0.505. The second kappa shape index (κ2) is 10.0. The van der Waals surface area contributed by atoms with Crippen LogP contribution in [0.3, 0.4) is 0 Å². The summed E-state index contributed by atoms with van der Waals surface area (Å²) >= 11 is 1.39. The Morgan fingerprint density at radius 1 is 1.18 bits per heavy atom. The molecular weight excluding hydrogens is 464 g/mol. The minimum absolute atomic E-state index is 0.00412. The lowest BCUT2D eigenvalue weighted by Crippen LogP contribution is -2.41. The molecule has 2 heterocycles. The van der Waals surface area contributed by atoms with Crippen LogP contribution in [0.25, 0.3) is 11.4 Å². The highest BCUT2D eigenvalue weighted by atomic mass is 32.2. The summed E-state index contributed by atoms with van der Waals surface area (Å²) in [5.41, 5.74) is 2.15. The number of ether oxygens (including phenoxy) is 1. The highest BCUT2D eigenvalue weighted by Crippen LogP contribution is 2.26. The van der Waals surface area contributed by atoms with Crippen LogP contribution in [0, 0.1) is 6.92 Å². The smallest absolute Gasteiger partial charge is 0.255 e. The maximum atomic E-state index is 13.0. The molecule has 1 aliphatic rings. The first-order valence-electron chi connectivity index (χ1n) is 10.3. The summed E-state index contributed by atoms with van der Waals surface area (Å²) in [5.74, 6) is 0.326. The van der Waals surface area contributed by atoms with E-state index < -0.39 is 10.0 Å². The number of sulfonamides is 1. The third kappa shape index (κ3) is 5.27. The van der Waals surface area contributed by atoms with E-state index in [0.717, 1.165) is 11.1 Å². The Labute approximate surface area is 196 Å². The number of rotatable bonds is 7. The van der Waals surface area contributed by atoms with Crippen molar-refractivity contribution < 1.29 is 22.5 Å². The van der Waals surface area contributed by atoms with Crippen LogP contribution in [-0.2, 0) is 21.3 Å². The number of aromatic nitrogens is 2. The molecule has 0 radical (unpaired) electrons. The summed E-state index contributed by atoms with van der Waals surface area (Å²) in [5, 5.41) is 3.95. The molecule has 0 aliphatic carbocycles. The van der Waals surface area contributed by atoms with Gasteiger partial charge in [-0.2, -0.15) is 4.98 Å². The Bertz CT molecular complexity index is 1250. The molecule has 4 rings (SSSR count). The first-order valence-corrected chi connectivity index (χ1v) is 13.0. The molecule has 1 amide bonds. The Kier molecular flexibility index (Phi) is 7.13. The molecule has 0 atom stereocenters. The number of thioether (sulfide) groups is 1. The van der Waals surface area contributed by atoms with Gasteiger partial charge in [0.2, 0.25) is 21.7 Å². The monoisotopic (exact) mass is 488 g/mol. The third-order valence-electron chi connectivity index (χ3n) is 5.28. The fraction of sp³-hybridized carbons (Fsp3) is 0.318. The topological polar surface area (TPSA) is 115 Å². The molecule has 9 nitrogen and oxygen atoms in total. The number of aryl methyl sites for hydroxylation is 1. The lowest BCUT2D eigenvalue weighted by Gasteiger charge is -2.27. The van der Waals surface area contributed by atoms with Crippen molar-refractivity contribution in [3.8, 4) is 11.4 Å². The molecule has 0 unspecified atom stereocenters. The van der Waals surface area contributed by atoms with Gasteiger partial charge in [0.15, 0.2) is 0 Å². The van der Waals surface area contributed by atoms with Crippen LogP contribution in [0.1, 0.15) is 21.8 Å². The van der Waals surface area contributed by atoms with Crippen molar-refractivity contribution in [1.29, 1.82) is 0 Å². The SMILES string of the molecule is CSc1ccc(S(=O)(=O)NCc2nc(-c3ccccc3C)no2)cc1C(=O)N1CCOCC1. The van der Waals surface area contributed by atoms with Crippen molar-refractivity contribution in [2.45, 2.75) is 23.3 Å². The number of carbonyl (C=O) groups is 1. The van der Waals surface area contributed by atoms with Crippen LogP contribution in [0.4, 0.5) is 0 Å². The van der Waals surface area contributed by atoms with E-state index in [1.165, 1.54) is 23.9 Å². The summed E-state index contributed by atoms with van der Waals surface area (Å²) in [4.78, 5) is 19.7. The average molecular weight is 489 g/mol. The summed E-state index contributed by atoms with van der Waals surface area (Å²) in [6.45, 7) is 3.65. The maximum absolute atomic E-state index is 13.0. The van der Waals surface area contributed by atoms with Crippen molar-refractivity contribution in [3.63, 3.8) is 0 Å². The number of carbonyl (C=O) groups excluding carboxylic acids is 1. The van der Waals surface area contributed by atoms with Crippen molar-refractivity contribution in [2.24, 2.45) is 0 Å². The molecular formula is C22H24N4O5S2. The molecule has 11 heteroatoms. The van der Waals surface area contributed by atoms with E-state index in [4.69, 9.17) is 9.26 Å². The fourth-order valence-electron chi connectivity index (χ4n) is 3.46. The molecule has 1 N–H and O–H groups in total.